The molecule has 0 atom stereocenters. The molecule has 0 bridgehead atoms. The second-order valence-electron chi connectivity index (χ2n) is 7.06. The average Bonchev–Trinajstić information content (AvgIpc) is 3.28. The van der Waals surface area contributed by atoms with Crippen LogP contribution >= 0.6 is 0 Å². The van der Waals surface area contributed by atoms with Gasteiger partial charge in [-0.15, -0.1) is 0 Å². The fraction of sp³-hybridized carbons (Fsp3) is 0.800. The van der Waals surface area contributed by atoms with Gasteiger partial charge < -0.3 is 9.47 Å². The first-order valence-electron chi connectivity index (χ1n) is 9.77. The zero-order chi connectivity index (χ0) is 17.4. The standard InChI is InChI=1S/C20H32O4/c1-3-13-23-19(21)17(15-9-5-6-10-15)18(16-11-7-8-12-16)20(22)24-14-4-2/h15-16H,3-14H2,1-2H3. The molecule has 2 fully saturated rings. The van der Waals surface area contributed by atoms with Crippen LogP contribution in [0.15, 0.2) is 11.1 Å². The molecule has 0 radical (unpaired) electrons. The average molecular weight is 336 g/mol. The topological polar surface area (TPSA) is 52.6 Å². The maximum Gasteiger partial charge on any atom is 0.334 e. The fourth-order valence-electron chi connectivity index (χ4n) is 3.97. The highest BCUT2D eigenvalue weighted by molar-refractivity contribution is 6.01. The van der Waals surface area contributed by atoms with Crippen LogP contribution in [0.2, 0.25) is 0 Å². The highest BCUT2D eigenvalue weighted by Crippen LogP contribution is 2.40. The molecule has 4 heteroatoms. The van der Waals surface area contributed by atoms with Crippen molar-refractivity contribution in [3.8, 4) is 0 Å². The first-order valence-corrected chi connectivity index (χ1v) is 9.77. The van der Waals surface area contributed by atoms with Crippen molar-refractivity contribution < 1.29 is 19.1 Å². The Kier molecular flexibility index (Phi) is 7.80. The summed E-state index contributed by atoms with van der Waals surface area (Å²) in [5.41, 5.74) is 1.29. The van der Waals surface area contributed by atoms with Gasteiger partial charge in [-0.25, -0.2) is 9.59 Å². The van der Waals surface area contributed by atoms with Gasteiger partial charge in [0, 0.05) is 0 Å². The van der Waals surface area contributed by atoms with Crippen LogP contribution in [0.1, 0.15) is 78.1 Å². The lowest BCUT2D eigenvalue weighted by molar-refractivity contribution is -0.143. The lowest BCUT2D eigenvalue weighted by Crippen LogP contribution is -2.25. The number of carbonyl (C=O) groups excluding carboxylic acids is 2. The Labute approximate surface area is 146 Å². The minimum Gasteiger partial charge on any atom is -0.462 e. The third-order valence-corrected chi connectivity index (χ3v) is 5.13. The molecular weight excluding hydrogens is 304 g/mol. The predicted octanol–water partition coefficient (Wildman–Crippen LogP) is 4.57. The summed E-state index contributed by atoms with van der Waals surface area (Å²) in [5, 5.41) is 0. The Balaban J connectivity index is 2.36. The van der Waals surface area contributed by atoms with Crippen LogP contribution in [-0.2, 0) is 19.1 Å². The molecule has 136 valence electrons. The first-order chi connectivity index (χ1) is 11.7. The molecule has 2 aliphatic carbocycles. The number of ether oxygens (including phenoxy) is 2. The van der Waals surface area contributed by atoms with E-state index >= 15 is 0 Å². The molecule has 0 N–H and O–H groups in total. The van der Waals surface area contributed by atoms with Crippen LogP contribution in [0, 0.1) is 11.8 Å². The molecule has 0 heterocycles. The summed E-state index contributed by atoms with van der Waals surface area (Å²) in [4.78, 5) is 25.6. The second kappa shape index (κ2) is 9.85. The van der Waals surface area contributed by atoms with E-state index < -0.39 is 0 Å². The van der Waals surface area contributed by atoms with Gasteiger partial charge in [-0.1, -0.05) is 39.5 Å². The monoisotopic (exact) mass is 336 g/mol. The summed E-state index contributed by atoms with van der Waals surface area (Å²) in [6, 6.07) is 0. The van der Waals surface area contributed by atoms with E-state index in [1.165, 1.54) is 0 Å². The summed E-state index contributed by atoms with van der Waals surface area (Å²) in [6.45, 7) is 4.80. The Bertz CT molecular complexity index is 412. The van der Waals surface area contributed by atoms with Gasteiger partial charge in [0.15, 0.2) is 0 Å². The largest absolute Gasteiger partial charge is 0.462 e. The van der Waals surface area contributed by atoms with Gasteiger partial charge in [0.25, 0.3) is 0 Å². The predicted molar refractivity (Wildman–Crippen MR) is 93.4 cm³/mol. The zero-order valence-corrected chi connectivity index (χ0v) is 15.3. The van der Waals surface area contributed by atoms with Crippen LogP contribution in [0.4, 0.5) is 0 Å². The van der Waals surface area contributed by atoms with Crippen LogP contribution in [0.3, 0.4) is 0 Å². The van der Waals surface area contributed by atoms with E-state index in [9.17, 15) is 9.59 Å². The molecule has 24 heavy (non-hydrogen) atoms. The van der Waals surface area contributed by atoms with Crippen LogP contribution in [0.25, 0.3) is 0 Å². The zero-order valence-electron chi connectivity index (χ0n) is 15.3. The SMILES string of the molecule is CCCOC(=O)C(=C(C(=O)OCCC)C1CCCC1)C1CCCC1. The third-order valence-electron chi connectivity index (χ3n) is 5.13. The fourth-order valence-corrected chi connectivity index (χ4v) is 3.97. The molecule has 0 spiro atoms. The molecule has 0 aromatic carbocycles. The van der Waals surface area contributed by atoms with Gasteiger partial charge in [-0.2, -0.15) is 0 Å². The summed E-state index contributed by atoms with van der Waals surface area (Å²) in [6.07, 6.45) is 10.00. The van der Waals surface area contributed by atoms with Crippen molar-refractivity contribution >= 4 is 11.9 Å². The number of carbonyl (C=O) groups is 2. The molecule has 0 aromatic heterocycles. The van der Waals surface area contributed by atoms with Crippen molar-refractivity contribution in [3.63, 3.8) is 0 Å². The summed E-state index contributed by atoms with van der Waals surface area (Å²) in [5.74, 6) is -0.225. The Morgan fingerprint density at radius 3 is 1.33 bits per heavy atom. The summed E-state index contributed by atoms with van der Waals surface area (Å²) < 4.78 is 10.9. The van der Waals surface area contributed by atoms with E-state index in [4.69, 9.17) is 9.47 Å². The van der Waals surface area contributed by atoms with Crippen molar-refractivity contribution in [3.05, 3.63) is 11.1 Å². The van der Waals surface area contributed by atoms with Crippen LogP contribution in [0.5, 0.6) is 0 Å². The van der Waals surface area contributed by atoms with Gasteiger partial charge >= 0.3 is 11.9 Å². The van der Waals surface area contributed by atoms with Gasteiger partial charge in [-0.05, 0) is 50.4 Å². The van der Waals surface area contributed by atoms with Crippen molar-refractivity contribution in [1.29, 1.82) is 0 Å². The van der Waals surface area contributed by atoms with E-state index in [1.54, 1.807) is 0 Å². The number of rotatable bonds is 8. The minimum absolute atomic E-state index is 0.166. The van der Waals surface area contributed by atoms with E-state index in [2.05, 4.69) is 0 Å². The second-order valence-corrected chi connectivity index (χ2v) is 7.06. The van der Waals surface area contributed by atoms with Crippen molar-refractivity contribution in [2.24, 2.45) is 11.8 Å². The number of esters is 2. The van der Waals surface area contributed by atoms with Gasteiger partial charge in [0.05, 0.1) is 24.4 Å². The molecular formula is C20H32O4. The van der Waals surface area contributed by atoms with Gasteiger partial charge in [0.2, 0.25) is 0 Å². The molecule has 0 unspecified atom stereocenters. The molecule has 2 rings (SSSR count). The normalized spacial score (nSPS) is 20.1. The van der Waals surface area contributed by atoms with Gasteiger partial charge in [-0.3, -0.25) is 0 Å². The van der Waals surface area contributed by atoms with Crippen LogP contribution < -0.4 is 0 Å². The minimum atomic E-state index is -0.279. The molecule has 2 aliphatic rings. The lowest BCUT2D eigenvalue weighted by Gasteiger charge is -2.22. The van der Waals surface area contributed by atoms with Crippen molar-refractivity contribution in [1.82, 2.24) is 0 Å². The maximum absolute atomic E-state index is 12.8. The molecule has 0 aromatic rings. The number of hydrogen-bond acceptors (Lipinski definition) is 4. The molecule has 0 saturated heterocycles. The summed E-state index contributed by atoms with van der Waals surface area (Å²) >= 11 is 0. The van der Waals surface area contributed by atoms with Crippen molar-refractivity contribution in [2.75, 3.05) is 13.2 Å². The van der Waals surface area contributed by atoms with E-state index in [-0.39, 0.29) is 23.8 Å². The first kappa shape index (κ1) is 19.0. The highest BCUT2D eigenvalue weighted by Gasteiger charge is 2.36. The van der Waals surface area contributed by atoms with E-state index in [0.29, 0.717) is 24.4 Å². The quantitative estimate of drug-likeness (QED) is 0.481. The Hall–Kier alpha value is -1.32. The van der Waals surface area contributed by atoms with Gasteiger partial charge in [0.1, 0.15) is 0 Å². The van der Waals surface area contributed by atoms with Crippen LogP contribution in [-0.4, -0.2) is 25.2 Å². The maximum atomic E-state index is 12.8. The van der Waals surface area contributed by atoms with Crippen molar-refractivity contribution in [2.45, 2.75) is 78.1 Å². The third kappa shape index (κ3) is 4.84. The lowest BCUT2D eigenvalue weighted by atomic mass is 9.85. The molecule has 2 saturated carbocycles. The number of hydrogen-bond donors (Lipinski definition) is 0. The smallest absolute Gasteiger partial charge is 0.334 e. The molecule has 0 amide bonds. The highest BCUT2D eigenvalue weighted by atomic mass is 16.5. The van der Waals surface area contributed by atoms with E-state index in [0.717, 1.165) is 64.2 Å². The van der Waals surface area contributed by atoms with E-state index in [1.807, 2.05) is 13.8 Å². The Morgan fingerprint density at radius 1 is 0.708 bits per heavy atom. The molecule has 0 aliphatic heterocycles. The molecule has 4 nitrogen and oxygen atoms in total. The summed E-state index contributed by atoms with van der Waals surface area (Å²) in [7, 11) is 0. The Morgan fingerprint density at radius 2 is 1.04 bits per heavy atom.